The van der Waals surface area contributed by atoms with Gasteiger partial charge < -0.3 is 14.6 Å². The van der Waals surface area contributed by atoms with Gasteiger partial charge in [-0.25, -0.2) is 9.48 Å². The first kappa shape index (κ1) is 14.8. The number of carbonyl (C=O) groups is 1. The van der Waals surface area contributed by atoms with Crippen LogP contribution in [0.2, 0.25) is 0 Å². The predicted octanol–water partition coefficient (Wildman–Crippen LogP) is 1.21. The van der Waals surface area contributed by atoms with Crippen LogP contribution in [0.1, 0.15) is 16.9 Å². The molecule has 2 aliphatic rings. The lowest BCUT2D eigenvalue weighted by atomic mass is 10.3. The Hall–Kier alpha value is -3.49. The van der Waals surface area contributed by atoms with Crippen molar-refractivity contribution in [2.75, 3.05) is 18.2 Å². The van der Waals surface area contributed by atoms with Gasteiger partial charge in [0.25, 0.3) is 5.91 Å². The molecule has 26 heavy (non-hydrogen) atoms. The van der Waals surface area contributed by atoms with Gasteiger partial charge in [-0.3, -0.25) is 14.1 Å². The van der Waals surface area contributed by atoms with Crippen LogP contribution in [0.5, 0.6) is 5.75 Å². The smallest absolute Gasteiger partial charge is 0.350 e. The van der Waals surface area contributed by atoms with E-state index in [4.69, 9.17) is 4.74 Å². The molecule has 0 spiro atoms. The van der Waals surface area contributed by atoms with Crippen molar-refractivity contribution < 1.29 is 9.53 Å². The van der Waals surface area contributed by atoms with Gasteiger partial charge in [0, 0.05) is 38.1 Å². The maximum absolute atomic E-state index is 12.5. The van der Waals surface area contributed by atoms with E-state index in [-0.39, 0.29) is 11.6 Å². The molecule has 0 radical (unpaired) electrons. The maximum Gasteiger partial charge on any atom is 0.350 e. The van der Waals surface area contributed by atoms with E-state index in [1.54, 1.807) is 30.4 Å². The summed E-state index contributed by atoms with van der Waals surface area (Å²) in [6.07, 6.45) is 6.33. The minimum absolute atomic E-state index is 0.0802. The summed E-state index contributed by atoms with van der Waals surface area (Å²) < 4.78 is 8.48. The number of aromatic amines is 1. The number of hydrogen-bond donors (Lipinski definition) is 1. The Morgan fingerprint density at radius 2 is 2.23 bits per heavy atom. The second-order valence-corrected chi connectivity index (χ2v) is 6.29. The lowest BCUT2D eigenvalue weighted by Crippen LogP contribution is -2.24. The zero-order valence-electron chi connectivity index (χ0n) is 14.0. The van der Waals surface area contributed by atoms with Crippen molar-refractivity contribution >= 4 is 23.1 Å². The van der Waals surface area contributed by atoms with E-state index in [0.717, 1.165) is 17.9 Å². The number of ether oxygens (including phenoxy) is 1. The molecule has 3 aromatic heterocycles. The summed E-state index contributed by atoms with van der Waals surface area (Å²) in [4.78, 5) is 31.2. The second-order valence-electron chi connectivity index (χ2n) is 6.29. The van der Waals surface area contributed by atoms with E-state index in [9.17, 15) is 9.59 Å². The molecular weight excluding hydrogens is 336 g/mol. The van der Waals surface area contributed by atoms with Crippen molar-refractivity contribution in [1.29, 1.82) is 0 Å². The molecule has 0 aromatic carbocycles. The van der Waals surface area contributed by atoms with Gasteiger partial charge in [0.15, 0.2) is 23.9 Å². The fourth-order valence-corrected chi connectivity index (χ4v) is 3.30. The molecule has 5 rings (SSSR count). The number of hydrogen-bond acceptors (Lipinski definition) is 5. The van der Waals surface area contributed by atoms with Crippen molar-refractivity contribution in [3.63, 3.8) is 0 Å². The van der Waals surface area contributed by atoms with Crippen LogP contribution in [-0.4, -0.2) is 43.2 Å². The Morgan fingerprint density at radius 3 is 3.04 bits per heavy atom. The zero-order valence-corrected chi connectivity index (χ0v) is 14.0. The van der Waals surface area contributed by atoms with Crippen LogP contribution in [0.3, 0.4) is 0 Å². The lowest BCUT2D eigenvalue weighted by molar-refractivity contribution is 0.0828. The zero-order chi connectivity index (χ0) is 17.8. The Labute approximate surface area is 147 Å². The highest BCUT2D eigenvalue weighted by Crippen LogP contribution is 2.39. The molecule has 9 heteroatoms. The number of rotatable bonds is 2. The summed E-state index contributed by atoms with van der Waals surface area (Å²) in [5.74, 6) is 1.28. The van der Waals surface area contributed by atoms with E-state index >= 15 is 0 Å². The van der Waals surface area contributed by atoms with Crippen LogP contribution in [0.4, 0.5) is 11.5 Å². The van der Waals surface area contributed by atoms with Crippen molar-refractivity contribution in [2.24, 2.45) is 7.05 Å². The van der Waals surface area contributed by atoms with E-state index in [1.807, 2.05) is 23.1 Å². The van der Waals surface area contributed by atoms with E-state index in [1.165, 1.54) is 9.08 Å². The van der Waals surface area contributed by atoms with Crippen LogP contribution >= 0.6 is 0 Å². The van der Waals surface area contributed by atoms with Crippen LogP contribution in [-0.2, 0) is 7.05 Å². The molecule has 0 fully saturated rings. The summed E-state index contributed by atoms with van der Waals surface area (Å²) in [6, 6.07) is 5.36. The van der Waals surface area contributed by atoms with Crippen molar-refractivity contribution in [3.05, 3.63) is 52.9 Å². The molecule has 0 saturated heterocycles. The summed E-state index contributed by atoms with van der Waals surface area (Å²) in [5.41, 5.74) is 1.66. The van der Waals surface area contributed by atoms with Crippen molar-refractivity contribution in [2.45, 2.75) is 6.42 Å². The highest BCUT2D eigenvalue weighted by atomic mass is 16.5. The molecule has 5 heterocycles. The number of fused-ring (bicyclic) bond motifs is 2. The predicted molar refractivity (Wildman–Crippen MR) is 93.7 cm³/mol. The third-order valence-electron chi connectivity index (χ3n) is 4.66. The number of anilines is 2. The molecule has 1 N–H and O–H groups in total. The number of H-pyrrole nitrogens is 1. The lowest BCUT2D eigenvalue weighted by Gasteiger charge is -2.16. The first-order chi connectivity index (χ1) is 12.6. The molecule has 9 nitrogen and oxygen atoms in total. The van der Waals surface area contributed by atoms with Crippen LogP contribution in [0.25, 0.3) is 5.65 Å². The van der Waals surface area contributed by atoms with Gasteiger partial charge in [0.05, 0.1) is 5.69 Å². The Bertz CT molecular complexity index is 1120. The SMILES string of the molecule is Cn1nc2cc(N3COc4cc(C(=O)N5C=CCC5)[nH]c43)ccn2c1=O. The summed E-state index contributed by atoms with van der Waals surface area (Å²) >= 11 is 0. The number of amides is 1. The number of aryl methyl sites for hydroxylation is 1. The average molecular weight is 352 g/mol. The number of nitrogens with one attached hydrogen (secondary N) is 1. The minimum Gasteiger partial charge on any atom is -0.469 e. The average Bonchev–Trinajstić information content (AvgIpc) is 3.39. The van der Waals surface area contributed by atoms with E-state index in [2.05, 4.69) is 10.1 Å². The molecule has 0 aliphatic carbocycles. The van der Waals surface area contributed by atoms with Crippen LogP contribution < -0.4 is 15.3 Å². The van der Waals surface area contributed by atoms with Crippen molar-refractivity contribution in [3.8, 4) is 5.75 Å². The quantitative estimate of drug-likeness (QED) is 0.749. The van der Waals surface area contributed by atoms with Gasteiger partial charge in [0.1, 0.15) is 5.69 Å². The minimum atomic E-state index is -0.198. The van der Waals surface area contributed by atoms with Gasteiger partial charge in [-0.15, -0.1) is 0 Å². The van der Waals surface area contributed by atoms with Crippen molar-refractivity contribution in [1.82, 2.24) is 24.1 Å². The Morgan fingerprint density at radius 1 is 1.35 bits per heavy atom. The van der Waals surface area contributed by atoms with E-state index < -0.39 is 0 Å². The fourth-order valence-electron chi connectivity index (χ4n) is 3.30. The van der Waals surface area contributed by atoms with Gasteiger partial charge in [-0.1, -0.05) is 6.08 Å². The number of aromatic nitrogens is 4. The molecule has 0 unspecified atom stereocenters. The molecule has 1 amide bonds. The summed E-state index contributed by atoms with van der Waals surface area (Å²) in [7, 11) is 1.61. The molecule has 3 aromatic rings. The van der Waals surface area contributed by atoms with E-state index in [0.29, 0.717) is 30.4 Å². The monoisotopic (exact) mass is 352 g/mol. The molecule has 0 bridgehead atoms. The largest absolute Gasteiger partial charge is 0.469 e. The third kappa shape index (κ3) is 2.06. The Kier molecular flexibility index (Phi) is 2.99. The van der Waals surface area contributed by atoms with Crippen LogP contribution in [0, 0.1) is 0 Å². The van der Waals surface area contributed by atoms with Crippen LogP contribution in [0.15, 0.2) is 41.5 Å². The first-order valence-electron chi connectivity index (χ1n) is 8.28. The fraction of sp³-hybridized carbons (Fsp3) is 0.235. The van der Waals surface area contributed by atoms with Gasteiger partial charge >= 0.3 is 5.69 Å². The highest BCUT2D eigenvalue weighted by molar-refractivity contribution is 5.95. The maximum atomic E-state index is 12.5. The Balaban J connectivity index is 1.50. The highest BCUT2D eigenvalue weighted by Gasteiger charge is 2.28. The molecule has 0 atom stereocenters. The number of nitrogens with zero attached hydrogens (tertiary/aromatic N) is 5. The first-order valence-corrected chi connectivity index (χ1v) is 8.28. The van der Waals surface area contributed by atoms with Gasteiger partial charge in [-0.2, -0.15) is 5.10 Å². The molecule has 0 saturated carbocycles. The topological polar surface area (TPSA) is 87.9 Å². The molecular formula is C17H16N6O3. The standard InChI is InChI=1S/C17H16N6O3/c1-20-17(25)22-7-4-11(8-14(22)19-20)23-10-26-13-9-12(18-15(13)23)16(24)21-5-2-3-6-21/h2,4-5,7-9,18H,3,6,10H2,1H3. The third-order valence-corrected chi connectivity index (χ3v) is 4.66. The number of pyridine rings is 1. The summed E-state index contributed by atoms with van der Waals surface area (Å²) in [5, 5.41) is 4.21. The number of carbonyl (C=O) groups excluding carboxylic acids is 1. The second kappa shape index (κ2) is 5.25. The van der Waals surface area contributed by atoms with Gasteiger partial charge in [-0.05, 0) is 12.5 Å². The summed E-state index contributed by atoms with van der Waals surface area (Å²) in [6.45, 7) is 1.02. The normalized spacial score (nSPS) is 15.7. The van der Waals surface area contributed by atoms with Gasteiger partial charge in [0.2, 0.25) is 0 Å². The molecule has 2 aliphatic heterocycles. The molecule has 132 valence electrons.